The Morgan fingerprint density at radius 3 is 2.48 bits per heavy atom. The van der Waals surface area contributed by atoms with Crippen LogP contribution in [0.25, 0.3) is 0 Å². The summed E-state index contributed by atoms with van der Waals surface area (Å²) >= 11 is 0. The van der Waals surface area contributed by atoms with Gasteiger partial charge in [-0.3, -0.25) is 9.59 Å². The Morgan fingerprint density at radius 2 is 1.84 bits per heavy atom. The van der Waals surface area contributed by atoms with Gasteiger partial charge < -0.3 is 24.8 Å². The Balaban J connectivity index is 1.51. The highest BCUT2D eigenvalue weighted by molar-refractivity contribution is 5.93. The number of urea groups is 1. The third-order valence-electron chi connectivity index (χ3n) is 4.55. The topological polar surface area (TPSA) is 108 Å². The van der Waals surface area contributed by atoms with E-state index in [0.717, 1.165) is 0 Å². The highest BCUT2D eigenvalue weighted by Crippen LogP contribution is 2.14. The Hall–Kier alpha value is -2.42. The summed E-state index contributed by atoms with van der Waals surface area (Å²) in [6, 6.07) is -0.0193. The smallest absolute Gasteiger partial charge is 0.320 e. The number of piperidine rings is 1. The van der Waals surface area contributed by atoms with Crippen molar-refractivity contribution in [2.24, 2.45) is 0 Å². The molecule has 2 aliphatic heterocycles. The van der Waals surface area contributed by atoms with E-state index in [-0.39, 0.29) is 17.6 Å². The minimum Gasteiger partial charge on any atom is -0.378 e. The summed E-state index contributed by atoms with van der Waals surface area (Å²) in [5, 5.41) is 2.86. The maximum Gasteiger partial charge on any atom is 0.320 e. The second kappa shape index (κ2) is 7.64. The van der Waals surface area contributed by atoms with Gasteiger partial charge in [-0.15, -0.1) is 0 Å². The Morgan fingerprint density at radius 1 is 1.20 bits per heavy atom. The predicted molar refractivity (Wildman–Crippen MR) is 89.4 cm³/mol. The highest BCUT2D eigenvalue weighted by atomic mass is 16.5. The first-order chi connectivity index (χ1) is 12.0. The number of H-pyrrole nitrogens is 1. The van der Waals surface area contributed by atoms with Crippen LogP contribution in [0.15, 0.2) is 11.0 Å². The SMILES string of the molecule is Cc1ncc(C(=O)NC2CCN(C(=O)N3CCOCC3)CC2)c(=O)[nH]1. The molecule has 3 rings (SSSR count). The van der Waals surface area contributed by atoms with E-state index in [4.69, 9.17) is 4.74 Å². The van der Waals surface area contributed by atoms with E-state index >= 15 is 0 Å². The first-order valence-corrected chi connectivity index (χ1v) is 8.53. The van der Waals surface area contributed by atoms with E-state index in [2.05, 4.69) is 15.3 Å². The van der Waals surface area contributed by atoms with Gasteiger partial charge in [-0.05, 0) is 19.8 Å². The number of carbonyl (C=O) groups is 2. The second-order valence-electron chi connectivity index (χ2n) is 6.33. The number of ether oxygens (including phenoxy) is 1. The van der Waals surface area contributed by atoms with Gasteiger partial charge in [0.25, 0.3) is 11.5 Å². The van der Waals surface area contributed by atoms with Gasteiger partial charge in [0, 0.05) is 38.4 Å². The van der Waals surface area contributed by atoms with Gasteiger partial charge in [-0.25, -0.2) is 9.78 Å². The number of hydrogen-bond acceptors (Lipinski definition) is 5. The summed E-state index contributed by atoms with van der Waals surface area (Å²) in [4.78, 5) is 46.6. The fraction of sp³-hybridized carbons (Fsp3) is 0.625. The van der Waals surface area contributed by atoms with Crippen LogP contribution in [0.1, 0.15) is 29.0 Å². The van der Waals surface area contributed by atoms with E-state index in [9.17, 15) is 14.4 Å². The zero-order valence-corrected chi connectivity index (χ0v) is 14.3. The molecule has 2 aliphatic rings. The van der Waals surface area contributed by atoms with Crippen LogP contribution < -0.4 is 10.9 Å². The molecule has 0 bridgehead atoms. The fourth-order valence-electron chi connectivity index (χ4n) is 3.08. The fourth-order valence-corrected chi connectivity index (χ4v) is 3.08. The molecule has 0 aromatic carbocycles. The Labute approximate surface area is 145 Å². The van der Waals surface area contributed by atoms with Gasteiger partial charge in [0.2, 0.25) is 0 Å². The number of amides is 3. The van der Waals surface area contributed by atoms with E-state index in [0.29, 0.717) is 58.1 Å². The zero-order valence-electron chi connectivity index (χ0n) is 14.3. The largest absolute Gasteiger partial charge is 0.378 e. The molecule has 0 radical (unpaired) electrons. The molecule has 25 heavy (non-hydrogen) atoms. The van der Waals surface area contributed by atoms with Crippen LogP contribution in [0.5, 0.6) is 0 Å². The number of nitrogens with one attached hydrogen (secondary N) is 2. The summed E-state index contributed by atoms with van der Waals surface area (Å²) < 4.78 is 5.26. The number of likely N-dealkylation sites (tertiary alicyclic amines) is 1. The van der Waals surface area contributed by atoms with Crippen LogP contribution >= 0.6 is 0 Å². The minimum absolute atomic E-state index is 0.0115. The number of aromatic nitrogens is 2. The highest BCUT2D eigenvalue weighted by Gasteiger charge is 2.28. The van der Waals surface area contributed by atoms with Crippen LogP contribution in [-0.2, 0) is 4.74 Å². The molecule has 0 aliphatic carbocycles. The van der Waals surface area contributed by atoms with Crippen molar-refractivity contribution in [3.8, 4) is 0 Å². The van der Waals surface area contributed by atoms with Crippen molar-refractivity contribution in [1.82, 2.24) is 25.1 Å². The molecule has 2 saturated heterocycles. The van der Waals surface area contributed by atoms with Gasteiger partial charge in [0.1, 0.15) is 11.4 Å². The molecule has 2 fully saturated rings. The Kier molecular flexibility index (Phi) is 5.32. The first kappa shape index (κ1) is 17.4. The summed E-state index contributed by atoms with van der Waals surface area (Å²) in [6.45, 7) is 5.24. The lowest BCUT2D eigenvalue weighted by molar-refractivity contribution is 0.0407. The molecule has 9 heteroatoms. The number of aryl methyl sites for hydroxylation is 1. The van der Waals surface area contributed by atoms with Crippen LogP contribution in [-0.4, -0.2) is 77.1 Å². The van der Waals surface area contributed by atoms with Gasteiger partial charge in [-0.1, -0.05) is 0 Å². The number of morpholine rings is 1. The molecule has 136 valence electrons. The number of carbonyl (C=O) groups excluding carboxylic acids is 2. The second-order valence-corrected chi connectivity index (χ2v) is 6.33. The quantitative estimate of drug-likeness (QED) is 0.764. The minimum atomic E-state index is -0.440. The average molecular weight is 349 g/mol. The third-order valence-corrected chi connectivity index (χ3v) is 4.55. The molecule has 0 unspecified atom stereocenters. The van der Waals surface area contributed by atoms with Crippen molar-refractivity contribution < 1.29 is 14.3 Å². The number of rotatable bonds is 2. The molecule has 0 spiro atoms. The molecule has 1 aromatic rings. The maximum atomic E-state index is 12.4. The molecule has 0 saturated carbocycles. The van der Waals surface area contributed by atoms with Crippen LogP contribution in [0, 0.1) is 6.92 Å². The van der Waals surface area contributed by atoms with E-state index in [1.54, 1.807) is 11.8 Å². The molecular weight excluding hydrogens is 326 g/mol. The van der Waals surface area contributed by atoms with Crippen molar-refractivity contribution >= 4 is 11.9 Å². The normalized spacial score (nSPS) is 18.9. The lowest BCUT2D eigenvalue weighted by atomic mass is 10.0. The molecule has 3 amide bonds. The van der Waals surface area contributed by atoms with Gasteiger partial charge in [-0.2, -0.15) is 0 Å². The number of nitrogens with zero attached hydrogens (tertiary/aromatic N) is 3. The van der Waals surface area contributed by atoms with E-state index < -0.39 is 11.5 Å². The van der Waals surface area contributed by atoms with Crippen molar-refractivity contribution in [3.05, 3.63) is 27.9 Å². The van der Waals surface area contributed by atoms with E-state index in [1.807, 2.05) is 4.90 Å². The van der Waals surface area contributed by atoms with Crippen molar-refractivity contribution in [3.63, 3.8) is 0 Å². The number of hydrogen-bond donors (Lipinski definition) is 2. The van der Waals surface area contributed by atoms with Crippen molar-refractivity contribution in [2.75, 3.05) is 39.4 Å². The van der Waals surface area contributed by atoms with E-state index in [1.165, 1.54) is 6.20 Å². The van der Waals surface area contributed by atoms with Crippen LogP contribution in [0.2, 0.25) is 0 Å². The van der Waals surface area contributed by atoms with Crippen molar-refractivity contribution in [1.29, 1.82) is 0 Å². The maximum absolute atomic E-state index is 12.4. The predicted octanol–water partition coefficient (Wildman–Crippen LogP) is -0.275. The third kappa shape index (κ3) is 4.16. The van der Waals surface area contributed by atoms with Crippen LogP contribution in [0.4, 0.5) is 4.79 Å². The molecular formula is C16H23N5O4. The lowest BCUT2D eigenvalue weighted by Gasteiger charge is -2.37. The molecule has 9 nitrogen and oxygen atoms in total. The standard InChI is InChI=1S/C16H23N5O4/c1-11-17-10-13(14(22)18-11)15(23)19-12-2-4-20(5-3-12)16(24)21-6-8-25-9-7-21/h10,12H,2-9H2,1H3,(H,19,23)(H,17,18,22). The van der Waals surface area contributed by atoms with Crippen molar-refractivity contribution in [2.45, 2.75) is 25.8 Å². The summed E-state index contributed by atoms with van der Waals surface area (Å²) in [5.74, 6) is 0.0446. The summed E-state index contributed by atoms with van der Waals surface area (Å²) in [5.41, 5.74) is -0.428. The molecule has 3 heterocycles. The molecule has 2 N–H and O–H groups in total. The Bertz CT molecular complexity index is 690. The first-order valence-electron chi connectivity index (χ1n) is 8.53. The van der Waals surface area contributed by atoms with Gasteiger partial charge >= 0.3 is 6.03 Å². The van der Waals surface area contributed by atoms with Crippen LogP contribution in [0.3, 0.4) is 0 Å². The molecule has 0 atom stereocenters. The summed E-state index contributed by atoms with van der Waals surface area (Å²) in [6.07, 6.45) is 2.62. The summed E-state index contributed by atoms with van der Waals surface area (Å²) in [7, 11) is 0. The average Bonchev–Trinajstić information content (AvgIpc) is 2.62. The van der Waals surface area contributed by atoms with Gasteiger partial charge in [0.05, 0.1) is 13.2 Å². The monoisotopic (exact) mass is 349 g/mol. The zero-order chi connectivity index (χ0) is 17.8. The molecule has 1 aromatic heterocycles. The van der Waals surface area contributed by atoms with Gasteiger partial charge in [0.15, 0.2) is 0 Å². The number of aromatic amines is 1. The lowest BCUT2D eigenvalue weighted by Crippen LogP contribution is -2.53.